The Morgan fingerprint density at radius 3 is 2.73 bits per heavy atom. The first-order valence-corrected chi connectivity index (χ1v) is 6.78. The molecular formula is C14H17ClN2O5. The van der Waals surface area contributed by atoms with E-state index in [4.69, 9.17) is 41.5 Å². The van der Waals surface area contributed by atoms with Gasteiger partial charge in [0.2, 0.25) is 5.79 Å². The Morgan fingerprint density at radius 1 is 1.45 bits per heavy atom. The topological polar surface area (TPSA) is 95.5 Å². The van der Waals surface area contributed by atoms with Crippen molar-refractivity contribution in [2.24, 2.45) is 10.9 Å². The molecule has 1 aromatic rings. The number of ether oxygens (including phenoxy) is 4. The van der Waals surface area contributed by atoms with Crippen LogP contribution in [0.2, 0.25) is 5.02 Å². The van der Waals surface area contributed by atoms with E-state index in [1.165, 1.54) is 19.4 Å². The second-order valence-electron chi connectivity index (χ2n) is 4.97. The molecule has 0 amide bonds. The number of oxime groups is 1. The van der Waals surface area contributed by atoms with E-state index in [-0.39, 0.29) is 17.5 Å². The number of halogens is 1. The molecule has 7 nitrogen and oxygen atoms in total. The van der Waals surface area contributed by atoms with Gasteiger partial charge < -0.3 is 29.9 Å². The first kappa shape index (κ1) is 16.1. The number of hydrogen-bond acceptors (Lipinski definition) is 6. The number of nitrogens with two attached hydrogens (primary N) is 1. The molecule has 22 heavy (non-hydrogen) atoms. The van der Waals surface area contributed by atoms with Crippen LogP contribution in [0.1, 0.15) is 19.4 Å². The summed E-state index contributed by atoms with van der Waals surface area (Å²) in [7, 11) is 1.46. The SMILES string of the molecule is COc1cc(/C(N)=N/O)cc(Cl)c1OCC1=COC(C)(C)O1. The van der Waals surface area contributed by atoms with Crippen molar-refractivity contribution >= 4 is 17.4 Å². The molecule has 0 spiro atoms. The second-order valence-corrected chi connectivity index (χ2v) is 5.37. The van der Waals surface area contributed by atoms with Crippen molar-refractivity contribution in [3.05, 3.63) is 34.7 Å². The normalized spacial score (nSPS) is 16.5. The largest absolute Gasteiger partial charge is 0.493 e. The standard InChI is InChI=1S/C14H17ClN2O5/c1-14(2)21-7-9(22-14)6-20-12-10(15)4-8(13(16)17-18)5-11(12)19-3/h4-5,7,18H,6H2,1-3H3,(H2,16,17). The van der Waals surface area contributed by atoms with Gasteiger partial charge in [0.25, 0.3) is 0 Å². The lowest BCUT2D eigenvalue weighted by Crippen LogP contribution is -2.21. The van der Waals surface area contributed by atoms with Gasteiger partial charge in [-0.3, -0.25) is 0 Å². The van der Waals surface area contributed by atoms with Crippen molar-refractivity contribution in [2.75, 3.05) is 13.7 Å². The highest BCUT2D eigenvalue weighted by Crippen LogP contribution is 2.37. The minimum Gasteiger partial charge on any atom is -0.493 e. The van der Waals surface area contributed by atoms with Gasteiger partial charge in [0.15, 0.2) is 23.1 Å². The van der Waals surface area contributed by atoms with Crippen LogP contribution in [0, 0.1) is 0 Å². The second kappa shape index (κ2) is 6.23. The van der Waals surface area contributed by atoms with E-state index >= 15 is 0 Å². The first-order valence-electron chi connectivity index (χ1n) is 6.40. The minimum atomic E-state index is -0.706. The Labute approximate surface area is 132 Å². The Hall–Kier alpha value is -2.28. The molecule has 0 aromatic heterocycles. The van der Waals surface area contributed by atoms with Crippen LogP contribution in [0.5, 0.6) is 11.5 Å². The van der Waals surface area contributed by atoms with Gasteiger partial charge in [0.1, 0.15) is 12.9 Å². The molecule has 1 aliphatic rings. The average molecular weight is 329 g/mol. The smallest absolute Gasteiger partial charge is 0.244 e. The fraction of sp³-hybridized carbons (Fsp3) is 0.357. The maximum absolute atomic E-state index is 8.72. The summed E-state index contributed by atoms with van der Waals surface area (Å²) in [4.78, 5) is 0. The highest BCUT2D eigenvalue weighted by atomic mass is 35.5. The molecule has 0 radical (unpaired) electrons. The molecule has 120 valence electrons. The number of nitrogens with zero attached hydrogens (tertiary/aromatic N) is 1. The number of amidine groups is 1. The summed E-state index contributed by atoms with van der Waals surface area (Å²) in [6.45, 7) is 3.70. The van der Waals surface area contributed by atoms with E-state index in [0.29, 0.717) is 22.8 Å². The van der Waals surface area contributed by atoms with Gasteiger partial charge in [-0.1, -0.05) is 16.8 Å². The fourth-order valence-electron chi connectivity index (χ4n) is 1.84. The quantitative estimate of drug-likeness (QED) is 0.373. The van der Waals surface area contributed by atoms with Crippen LogP contribution in [-0.2, 0) is 9.47 Å². The van der Waals surface area contributed by atoms with Gasteiger partial charge in [-0.25, -0.2) is 0 Å². The van der Waals surface area contributed by atoms with Crippen LogP contribution in [-0.4, -0.2) is 30.5 Å². The van der Waals surface area contributed by atoms with E-state index in [1.807, 2.05) is 0 Å². The summed E-state index contributed by atoms with van der Waals surface area (Å²) in [6, 6.07) is 3.07. The highest BCUT2D eigenvalue weighted by molar-refractivity contribution is 6.32. The van der Waals surface area contributed by atoms with Gasteiger partial charge >= 0.3 is 0 Å². The van der Waals surface area contributed by atoms with Crippen molar-refractivity contribution in [1.82, 2.24) is 0 Å². The van der Waals surface area contributed by atoms with E-state index in [0.717, 1.165) is 0 Å². The Morgan fingerprint density at radius 2 is 2.18 bits per heavy atom. The molecule has 1 aromatic carbocycles. The van der Waals surface area contributed by atoms with Gasteiger partial charge in [-0.15, -0.1) is 0 Å². The molecule has 0 fully saturated rings. The summed E-state index contributed by atoms with van der Waals surface area (Å²) in [5, 5.41) is 11.9. The van der Waals surface area contributed by atoms with Crippen molar-refractivity contribution < 1.29 is 24.2 Å². The van der Waals surface area contributed by atoms with Crippen molar-refractivity contribution in [3.63, 3.8) is 0 Å². The Bertz CT molecular complexity index is 628. The van der Waals surface area contributed by atoms with Crippen LogP contribution in [0.4, 0.5) is 0 Å². The molecule has 8 heteroatoms. The van der Waals surface area contributed by atoms with Crippen LogP contribution >= 0.6 is 11.6 Å². The lowest BCUT2D eigenvalue weighted by molar-refractivity contribution is -0.119. The third-order valence-corrected chi connectivity index (χ3v) is 3.12. The maximum atomic E-state index is 8.72. The zero-order chi connectivity index (χ0) is 16.3. The summed E-state index contributed by atoms with van der Waals surface area (Å²) < 4.78 is 21.7. The molecule has 1 heterocycles. The molecular weight excluding hydrogens is 312 g/mol. The Balaban J connectivity index is 2.17. The zero-order valence-corrected chi connectivity index (χ0v) is 13.2. The molecule has 0 saturated carbocycles. The molecule has 0 saturated heterocycles. The van der Waals surface area contributed by atoms with Crippen LogP contribution in [0.25, 0.3) is 0 Å². The lowest BCUT2D eigenvalue weighted by Gasteiger charge is -2.19. The van der Waals surface area contributed by atoms with Crippen LogP contribution in [0.15, 0.2) is 29.3 Å². The van der Waals surface area contributed by atoms with Gasteiger partial charge in [0, 0.05) is 19.4 Å². The highest BCUT2D eigenvalue weighted by Gasteiger charge is 2.28. The first-order chi connectivity index (χ1) is 10.4. The monoisotopic (exact) mass is 328 g/mol. The van der Waals surface area contributed by atoms with Gasteiger partial charge in [-0.05, 0) is 12.1 Å². The van der Waals surface area contributed by atoms with Crippen molar-refractivity contribution in [2.45, 2.75) is 19.6 Å². The van der Waals surface area contributed by atoms with Crippen LogP contribution in [0.3, 0.4) is 0 Å². The van der Waals surface area contributed by atoms with E-state index in [2.05, 4.69) is 5.16 Å². The summed E-state index contributed by atoms with van der Waals surface area (Å²) in [6.07, 6.45) is 1.49. The van der Waals surface area contributed by atoms with Gasteiger partial charge in [-0.2, -0.15) is 0 Å². The van der Waals surface area contributed by atoms with Crippen molar-refractivity contribution in [3.8, 4) is 11.5 Å². The summed E-state index contributed by atoms with van der Waals surface area (Å²) >= 11 is 6.17. The van der Waals surface area contributed by atoms with E-state index < -0.39 is 5.79 Å². The number of methoxy groups -OCH3 is 1. The summed E-state index contributed by atoms with van der Waals surface area (Å²) in [5.74, 6) is 0.427. The van der Waals surface area contributed by atoms with E-state index in [9.17, 15) is 0 Å². The predicted octanol–water partition coefficient (Wildman–Crippen LogP) is 2.45. The fourth-order valence-corrected chi connectivity index (χ4v) is 2.11. The zero-order valence-electron chi connectivity index (χ0n) is 12.4. The molecule has 0 bridgehead atoms. The molecule has 0 atom stereocenters. The molecule has 2 rings (SSSR count). The Kier molecular flexibility index (Phi) is 4.56. The lowest BCUT2D eigenvalue weighted by atomic mass is 10.2. The van der Waals surface area contributed by atoms with E-state index in [1.54, 1.807) is 19.9 Å². The number of hydrogen-bond donors (Lipinski definition) is 2. The molecule has 3 N–H and O–H groups in total. The summed E-state index contributed by atoms with van der Waals surface area (Å²) in [5.41, 5.74) is 5.95. The average Bonchev–Trinajstić information content (AvgIpc) is 2.83. The number of benzene rings is 1. The minimum absolute atomic E-state index is 0.0799. The molecule has 1 aliphatic heterocycles. The number of rotatable bonds is 5. The molecule has 0 unspecified atom stereocenters. The predicted molar refractivity (Wildman–Crippen MR) is 80.3 cm³/mol. The van der Waals surface area contributed by atoms with Gasteiger partial charge in [0.05, 0.1) is 12.1 Å². The van der Waals surface area contributed by atoms with Crippen LogP contribution < -0.4 is 15.2 Å². The third kappa shape index (κ3) is 3.48. The van der Waals surface area contributed by atoms with Crippen molar-refractivity contribution in [1.29, 1.82) is 0 Å². The molecule has 0 aliphatic carbocycles. The third-order valence-electron chi connectivity index (χ3n) is 2.84. The maximum Gasteiger partial charge on any atom is 0.244 e.